The summed E-state index contributed by atoms with van der Waals surface area (Å²) in [5, 5.41) is 5.18. The van der Waals surface area contributed by atoms with Gasteiger partial charge in [0, 0.05) is 30.4 Å². The number of anilines is 1. The highest BCUT2D eigenvalue weighted by molar-refractivity contribution is 5.91. The first-order valence-corrected chi connectivity index (χ1v) is 8.39. The SMILES string of the molecule is O=C(CCn1[nH]c(=O)ccc1=O)Nc1cccc(C=Cc2ccccn2)c1. The highest BCUT2D eigenvalue weighted by Gasteiger charge is 2.05. The Morgan fingerprint density at radius 1 is 1.07 bits per heavy atom. The maximum absolute atomic E-state index is 12.1. The van der Waals surface area contributed by atoms with E-state index in [0.29, 0.717) is 5.69 Å². The molecular weight excluding hydrogens is 344 g/mol. The number of pyridine rings is 1. The molecule has 0 aliphatic heterocycles. The lowest BCUT2D eigenvalue weighted by atomic mass is 10.1. The minimum Gasteiger partial charge on any atom is -0.326 e. The van der Waals surface area contributed by atoms with Crippen molar-refractivity contribution < 1.29 is 4.79 Å². The number of carbonyl (C=O) groups excluding carboxylic acids is 1. The molecule has 0 aliphatic rings. The summed E-state index contributed by atoms with van der Waals surface area (Å²) < 4.78 is 1.12. The van der Waals surface area contributed by atoms with Gasteiger partial charge in [0.25, 0.3) is 11.1 Å². The maximum Gasteiger partial charge on any atom is 0.265 e. The number of nitrogens with zero attached hydrogens (tertiary/aromatic N) is 2. The van der Waals surface area contributed by atoms with Crippen LogP contribution in [0.15, 0.2) is 70.4 Å². The molecule has 136 valence electrons. The number of benzene rings is 1. The van der Waals surface area contributed by atoms with Crippen LogP contribution < -0.4 is 16.4 Å². The van der Waals surface area contributed by atoms with Crippen LogP contribution in [0.1, 0.15) is 17.7 Å². The second kappa shape index (κ2) is 8.57. The Bertz CT molecular complexity index is 1070. The van der Waals surface area contributed by atoms with Crippen molar-refractivity contribution >= 4 is 23.7 Å². The Kier molecular flexibility index (Phi) is 5.73. The van der Waals surface area contributed by atoms with Gasteiger partial charge in [-0.3, -0.25) is 24.5 Å². The molecule has 3 aromatic rings. The summed E-state index contributed by atoms with van der Waals surface area (Å²) in [4.78, 5) is 39.2. The van der Waals surface area contributed by atoms with E-state index in [4.69, 9.17) is 0 Å². The fraction of sp³-hybridized carbons (Fsp3) is 0.100. The lowest BCUT2D eigenvalue weighted by Gasteiger charge is -2.07. The van der Waals surface area contributed by atoms with Crippen molar-refractivity contribution in [3.05, 3.63) is 92.8 Å². The van der Waals surface area contributed by atoms with Gasteiger partial charge in [0.2, 0.25) is 5.91 Å². The summed E-state index contributed by atoms with van der Waals surface area (Å²) >= 11 is 0. The Hall–Kier alpha value is -3.74. The largest absolute Gasteiger partial charge is 0.326 e. The molecule has 0 fully saturated rings. The van der Waals surface area contributed by atoms with E-state index in [0.717, 1.165) is 22.0 Å². The van der Waals surface area contributed by atoms with Crippen molar-refractivity contribution in [2.24, 2.45) is 0 Å². The third-order valence-corrected chi connectivity index (χ3v) is 3.76. The van der Waals surface area contributed by atoms with Gasteiger partial charge in [-0.1, -0.05) is 24.3 Å². The van der Waals surface area contributed by atoms with Crippen molar-refractivity contribution in [3.63, 3.8) is 0 Å². The molecule has 0 atom stereocenters. The number of aryl methyl sites for hydroxylation is 1. The number of amides is 1. The number of hydrogen-bond donors (Lipinski definition) is 2. The molecular formula is C20H18N4O3. The van der Waals surface area contributed by atoms with E-state index in [9.17, 15) is 14.4 Å². The van der Waals surface area contributed by atoms with E-state index < -0.39 is 0 Å². The molecule has 2 aromatic heterocycles. The Morgan fingerprint density at radius 3 is 2.78 bits per heavy atom. The minimum atomic E-state index is -0.387. The zero-order valence-electron chi connectivity index (χ0n) is 14.5. The van der Waals surface area contributed by atoms with Gasteiger partial charge in [0.1, 0.15) is 0 Å². The van der Waals surface area contributed by atoms with E-state index in [1.54, 1.807) is 12.3 Å². The number of carbonyl (C=O) groups is 1. The van der Waals surface area contributed by atoms with Crippen molar-refractivity contribution in [2.75, 3.05) is 5.32 Å². The van der Waals surface area contributed by atoms with Crippen LogP contribution in [0, 0.1) is 0 Å². The first-order chi connectivity index (χ1) is 13.1. The van der Waals surface area contributed by atoms with E-state index in [2.05, 4.69) is 15.4 Å². The predicted molar refractivity (Wildman–Crippen MR) is 104 cm³/mol. The standard InChI is InChI=1S/C20H18N4O3/c25-18(11-13-24-20(27)10-9-19(26)23-24)22-17-6-3-4-15(14-17)7-8-16-5-1-2-12-21-16/h1-10,12,14H,11,13H2,(H,22,25)(H,23,26). The molecule has 7 heteroatoms. The van der Waals surface area contributed by atoms with Gasteiger partial charge >= 0.3 is 0 Å². The molecule has 0 aliphatic carbocycles. The Labute approximate surface area is 155 Å². The molecule has 1 amide bonds. The Morgan fingerprint density at radius 2 is 1.96 bits per heavy atom. The molecule has 0 saturated heterocycles. The zero-order chi connectivity index (χ0) is 19.1. The molecule has 7 nitrogen and oxygen atoms in total. The van der Waals surface area contributed by atoms with Crippen LogP contribution in [0.4, 0.5) is 5.69 Å². The van der Waals surface area contributed by atoms with Gasteiger partial charge in [-0.25, -0.2) is 4.68 Å². The molecule has 0 spiro atoms. The summed E-state index contributed by atoms with van der Waals surface area (Å²) in [6, 6.07) is 15.4. The topological polar surface area (TPSA) is 96.9 Å². The highest BCUT2D eigenvalue weighted by Crippen LogP contribution is 2.13. The third-order valence-electron chi connectivity index (χ3n) is 3.76. The smallest absolute Gasteiger partial charge is 0.265 e. The van der Waals surface area contributed by atoms with E-state index in [-0.39, 0.29) is 30.0 Å². The van der Waals surface area contributed by atoms with Crippen LogP contribution in [0.5, 0.6) is 0 Å². The fourth-order valence-corrected chi connectivity index (χ4v) is 2.44. The summed E-state index contributed by atoms with van der Waals surface area (Å²) in [6.45, 7) is 0.0972. The second-order valence-electron chi connectivity index (χ2n) is 5.81. The summed E-state index contributed by atoms with van der Waals surface area (Å²) in [7, 11) is 0. The van der Waals surface area contributed by atoms with Gasteiger partial charge < -0.3 is 5.32 Å². The first-order valence-electron chi connectivity index (χ1n) is 8.39. The monoisotopic (exact) mass is 362 g/mol. The van der Waals surface area contributed by atoms with Crippen molar-refractivity contribution in [1.29, 1.82) is 0 Å². The molecule has 1 aromatic carbocycles. The molecule has 2 N–H and O–H groups in total. The average Bonchev–Trinajstić information content (AvgIpc) is 2.68. The normalized spacial score (nSPS) is 10.8. The first kappa shape index (κ1) is 18.1. The molecule has 3 rings (SSSR count). The van der Waals surface area contributed by atoms with E-state index >= 15 is 0 Å². The number of hydrogen-bond acceptors (Lipinski definition) is 4. The average molecular weight is 362 g/mol. The molecule has 0 saturated carbocycles. The zero-order valence-corrected chi connectivity index (χ0v) is 14.5. The van der Waals surface area contributed by atoms with Crippen LogP contribution in [-0.2, 0) is 11.3 Å². The van der Waals surface area contributed by atoms with Gasteiger partial charge in [0.15, 0.2) is 0 Å². The molecule has 0 unspecified atom stereocenters. The molecule has 0 bridgehead atoms. The summed E-state index contributed by atoms with van der Waals surface area (Å²) in [6.07, 6.45) is 5.58. The van der Waals surface area contributed by atoms with Crippen molar-refractivity contribution in [3.8, 4) is 0 Å². The second-order valence-corrected chi connectivity index (χ2v) is 5.81. The van der Waals surface area contributed by atoms with Crippen LogP contribution >= 0.6 is 0 Å². The summed E-state index contributed by atoms with van der Waals surface area (Å²) in [5.74, 6) is -0.252. The van der Waals surface area contributed by atoms with Crippen molar-refractivity contribution in [2.45, 2.75) is 13.0 Å². The van der Waals surface area contributed by atoms with E-state index in [1.165, 1.54) is 6.07 Å². The number of H-pyrrole nitrogens is 1. The highest BCUT2D eigenvalue weighted by atomic mass is 16.2. The van der Waals surface area contributed by atoms with Crippen molar-refractivity contribution in [1.82, 2.24) is 14.8 Å². The maximum atomic E-state index is 12.1. The van der Waals surface area contributed by atoms with Crippen LogP contribution in [0.2, 0.25) is 0 Å². The molecule has 27 heavy (non-hydrogen) atoms. The van der Waals surface area contributed by atoms with Gasteiger partial charge in [-0.05, 0) is 35.9 Å². The quantitative estimate of drug-likeness (QED) is 0.702. The fourth-order valence-electron chi connectivity index (χ4n) is 2.44. The predicted octanol–water partition coefficient (Wildman–Crippen LogP) is 2.13. The Balaban J connectivity index is 1.61. The van der Waals surface area contributed by atoms with Gasteiger partial charge in [-0.2, -0.15) is 0 Å². The lowest BCUT2D eigenvalue weighted by Crippen LogP contribution is -2.29. The summed E-state index contributed by atoms with van der Waals surface area (Å²) in [5.41, 5.74) is 1.67. The van der Waals surface area contributed by atoms with Crippen LogP contribution in [-0.4, -0.2) is 20.7 Å². The third kappa shape index (κ3) is 5.37. The van der Waals surface area contributed by atoms with Crippen LogP contribution in [0.25, 0.3) is 12.2 Å². The van der Waals surface area contributed by atoms with Gasteiger partial charge in [-0.15, -0.1) is 0 Å². The lowest BCUT2D eigenvalue weighted by molar-refractivity contribution is -0.116. The number of rotatable bonds is 6. The molecule has 0 radical (unpaired) electrons. The number of aromatic nitrogens is 3. The number of nitrogens with one attached hydrogen (secondary N) is 2. The molecule has 2 heterocycles. The number of aromatic amines is 1. The van der Waals surface area contributed by atoms with Crippen LogP contribution in [0.3, 0.4) is 0 Å². The minimum absolute atomic E-state index is 0.0634. The van der Waals surface area contributed by atoms with E-state index in [1.807, 2.05) is 48.6 Å². The van der Waals surface area contributed by atoms with Gasteiger partial charge in [0.05, 0.1) is 12.2 Å².